The van der Waals surface area contributed by atoms with Gasteiger partial charge in [-0.05, 0) is 56.3 Å². The van der Waals surface area contributed by atoms with Crippen LogP contribution in [0.15, 0.2) is 47.4 Å². The van der Waals surface area contributed by atoms with Gasteiger partial charge in [0.1, 0.15) is 10.6 Å². The molecule has 3 N–H and O–H groups in total. The van der Waals surface area contributed by atoms with E-state index in [1.807, 2.05) is 31.3 Å². The van der Waals surface area contributed by atoms with Crippen molar-refractivity contribution in [1.82, 2.24) is 4.90 Å². The van der Waals surface area contributed by atoms with E-state index in [9.17, 15) is 8.42 Å². The van der Waals surface area contributed by atoms with Crippen LogP contribution in [0.3, 0.4) is 0 Å². The number of nitrogens with one attached hydrogen (secondary N) is 1. The van der Waals surface area contributed by atoms with E-state index in [2.05, 4.69) is 24.1 Å². The fraction of sp³-hybridized carbons (Fsp3) is 0.455. The van der Waals surface area contributed by atoms with Crippen LogP contribution in [0, 0.1) is 0 Å². The second-order valence-corrected chi connectivity index (χ2v) is 8.83. The zero-order valence-corrected chi connectivity index (χ0v) is 18.5. The van der Waals surface area contributed by atoms with Crippen LogP contribution in [0.5, 0.6) is 11.5 Å². The normalized spacial score (nSPS) is 11.6. The first-order chi connectivity index (χ1) is 13.8. The van der Waals surface area contributed by atoms with Crippen molar-refractivity contribution in [3.63, 3.8) is 0 Å². The Morgan fingerprint density at radius 3 is 2.38 bits per heavy atom. The summed E-state index contributed by atoms with van der Waals surface area (Å²) in [7, 11) is -1.93. The van der Waals surface area contributed by atoms with Gasteiger partial charge in [0.05, 0.1) is 5.69 Å². The predicted molar refractivity (Wildman–Crippen MR) is 119 cm³/mol. The molecule has 2 rings (SSSR count). The standard InChI is InChI=1S/C22H33N3O3S/c1-4-6-13-24-20-15-18(17-25(3)14-7-5-2)16-21(29(23,26)27)22(20)28-19-11-9-8-10-12-19/h8-12,15-16,24H,4-7,13-14,17H2,1-3H3,(H2,23,26,27). The Morgan fingerprint density at radius 1 is 1.07 bits per heavy atom. The van der Waals surface area contributed by atoms with Gasteiger partial charge in [-0.3, -0.25) is 0 Å². The average molecular weight is 420 g/mol. The minimum atomic E-state index is -3.97. The molecule has 0 aromatic heterocycles. The third-order valence-electron chi connectivity index (χ3n) is 4.58. The number of hydrogen-bond acceptors (Lipinski definition) is 5. The number of benzene rings is 2. The van der Waals surface area contributed by atoms with E-state index in [4.69, 9.17) is 9.88 Å². The Labute approximate surface area is 175 Å². The molecule has 0 amide bonds. The zero-order valence-electron chi connectivity index (χ0n) is 17.6. The van der Waals surface area contributed by atoms with Crippen molar-refractivity contribution in [2.24, 2.45) is 5.14 Å². The van der Waals surface area contributed by atoms with Crippen molar-refractivity contribution in [1.29, 1.82) is 0 Å². The van der Waals surface area contributed by atoms with Crippen LogP contribution in [0.2, 0.25) is 0 Å². The predicted octanol–water partition coefficient (Wildman–Crippen LogP) is 4.57. The molecule has 2 aromatic carbocycles. The van der Waals surface area contributed by atoms with E-state index in [0.717, 1.165) is 44.3 Å². The summed E-state index contributed by atoms with van der Waals surface area (Å²) >= 11 is 0. The van der Waals surface area contributed by atoms with Crippen LogP contribution >= 0.6 is 0 Å². The van der Waals surface area contributed by atoms with Gasteiger partial charge < -0.3 is 15.0 Å². The van der Waals surface area contributed by atoms with Crippen molar-refractivity contribution >= 4 is 15.7 Å². The average Bonchev–Trinajstić information content (AvgIpc) is 2.68. The molecule has 0 atom stereocenters. The molecule has 0 radical (unpaired) electrons. The minimum Gasteiger partial charge on any atom is -0.454 e. The molecule has 0 bridgehead atoms. The third-order valence-corrected chi connectivity index (χ3v) is 5.49. The topological polar surface area (TPSA) is 84.7 Å². The highest BCUT2D eigenvalue weighted by Crippen LogP contribution is 2.37. The van der Waals surface area contributed by atoms with Gasteiger partial charge in [-0.25, -0.2) is 13.6 Å². The van der Waals surface area contributed by atoms with Crippen molar-refractivity contribution in [3.05, 3.63) is 48.0 Å². The van der Waals surface area contributed by atoms with E-state index in [0.29, 0.717) is 18.0 Å². The molecule has 0 aliphatic heterocycles. The van der Waals surface area contributed by atoms with Crippen molar-refractivity contribution < 1.29 is 13.2 Å². The number of para-hydroxylation sites is 1. The van der Waals surface area contributed by atoms with Crippen LogP contribution < -0.4 is 15.2 Å². The molecule has 0 saturated carbocycles. The monoisotopic (exact) mass is 419 g/mol. The molecule has 0 spiro atoms. The lowest BCUT2D eigenvalue weighted by Gasteiger charge is -2.21. The number of hydrogen-bond donors (Lipinski definition) is 2. The number of sulfonamides is 1. The summed E-state index contributed by atoms with van der Waals surface area (Å²) in [6.07, 6.45) is 4.20. The highest BCUT2D eigenvalue weighted by atomic mass is 32.2. The van der Waals surface area contributed by atoms with Crippen LogP contribution in [0.1, 0.15) is 45.1 Å². The molecule has 160 valence electrons. The number of unbranched alkanes of at least 4 members (excludes halogenated alkanes) is 2. The Balaban J connectivity index is 2.46. The van der Waals surface area contributed by atoms with Crippen molar-refractivity contribution in [2.45, 2.75) is 51.0 Å². The molecule has 0 unspecified atom stereocenters. The van der Waals surface area contributed by atoms with Gasteiger partial charge in [-0.15, -0.1) is 0 Å². The van der Waals surface area contributed by atoms with Crippen LogP contribution in [-0.2, 0) is 16.6 Å². The van der Waals surface area contributed by atoms with E-state index in [1.54, 1.807) is 18.2 Å². The lowest BCUT2D eigenvalue weighted by Crippen LogP contribution is -2.20. The zero-order chi connectivity index (χ0) is 21.3. The first kappa shape index (κ1) is 23.2. The molecule has 6 nitrogen and oxygen atoms in total. The molecule has 0 aliphatic carbocycles. The maximum absolute atomic E-state index is 12.4. The second kappa shape index (κ2) is 11.2. The molecule has 0 heterocycles. The molecule has 2 aromatic rings. The van der Waals surface area contributed by atoms with Gasteiger partial charge in [0.25, 0.3) is 0 Å². The fourth-order valence-electron chi connectivity index (χ4n) is 3.02. The molecular weight excluding hydrogens is 386 g/mol. The number of primary sulfonamides is 1. The van der Waals surface area contributed by atoms with Gasteiger partial charge in [-0.1, -0.05) is 44.9 Å². The van der Waals surface area contributed by atoms with Crippen molar-refractivity contribution in [3.8, 4) is 11.5 Å². The summed E-state index contributed by atoms with van der Waals surface area (Å²) in [5.41, 5.74) is 1.53. The molecule has 29 heavy (non-hydrogen) atoms. The van der Waals surface area contributed by atoms with E-state index in [1.165, 1.54) is 0 Å². The maximum atomic E-state index is 12.4. The summed E-state index contributed by atoms with van der Waals surface area (Å²) in [6, 6.07) is 12.7. The highest BCUT2D eigenvalue weighted by molar-refractivity contribution is 7.89. The van der Waals surface area contributed by atoms with Crippen LogP contribution in [0.25, 0.3) is 0 Å². The molecule has 0 saturated heterocycles. The second-order valence-electron chi connectivity index (χ2n) is 7.30. The van der Waals surface area contributed by atoms with Gasteiger partial charge in [-0.2, -0.15) is 0 Å². The Hall–Kier alpha value is -2.09. The summed E-state index contributed by atoms with van der Waals surface area (Å²) in [6.45, 7) is 6.57. The lowest BCUT2D eigenvalue weighted by atomic mass is 10.1. The first-order valence-electron chi connectivity index (χ1n) is 10.2. The number of ether oxygens (including phenoxy) is 1. The smallest absolute Gasteiger partial charge is 0.241 e. The summed E-state index contributed by atoms with van der Waals surface area (Å²) < 4.78 is 30.8. The largest absolute Gasteiger partial charge is 0.454 e. The number of nitrogens with zero attached hydrogens (tertiary/aromatic N) is 1. The summed E-state index contributed by atoms with van der Waals surface area (Å²) in [4.78, 5) is 2.18. The highest BCUT2D eigenvalue weighted by Gasteiger charge is 2.22. The van der Waals surface area contributed by atoms with E-state index in [-0.39, 0.29) is 10.6 Å². The lowest BCUT2D eigenvalue weighted by molar-refractivity contribution is 0.320. The molecule has 0 fully saturated rings. The summed E-state index contributed by atoms with van der Waals surface area (Å²) in [5, 5.41) is 8.91. The van der Waals surface area contributed by atoms with E-state index >= 15 is 0 Å². The SMILES string of the molecule is CCCCNc1cc(CN(C)CCCC)cc(S(N)(=O)=O)c1Oc1ccccc1. The molecule has 7 heteroatoms. The molecular formula is C22H33N3O3S. The van der Waals surface area contributed by atoms with Gasteiger partial charge >= 0.3 is 0 Å². The quantitative estimate of drug-likeness (QED) is 0.492. The Morgan fingerprint density at radius 2 is 1.76 bits per heavy atom. The van der Waals surface area contributed by atoms with Gasteiger partial charge in [0, 0.05) is 13.1 Å². The minimum absolute atomic E-state index is 0.00161. The van der Waals surface area contributed by atoms with Gasteiger partial charge in [0.2, 0.25) is 10.0 Å². The Bertz CT molecular complexity index is 870. The number of rotatable bonds is 12. The van der Waals surface area contributed by atoms with E-state index < -0.39 is 10.0 Å². The van der Waals surface area contributed by atoms with Gasteiger partial charge in [0.15, 0.2) is 5.75 Å². The first-order valence-corrected chi connectivity index (χ1v) is 11.7. The fourth-order valence-corrected chi connectivity index (χ4v) is 3.75. The molecule has 0 aliphatic rings. The van der Waals surface area contributed by atoms with Crippen LogP contribution in [-0.4, -0.2) is 33.5 Å². The number of anilines is 1. The summed E-state index contributed by atoms with van der Waals surface area (Å²) in [5.74, 6) is 0.804. The Kier molecular flexibility index (Phi) is 8.95. The maximum Gasteiger partial charge on any atom is 0.241 e. The third kappa shape index (κ3) is 7.34. The van der Waals surface area contributed by atoms with Crippen molar-refractivity contribution in [2.75, 3.05) is 25.5 Å². The number of nitrogens with two attached hydrogens (primary N) is 1. The van der Waals surface area contributed by atoms with Crippen LogP contribution in [0.4, 0.5) is 5.69 Å².